The molecule has 0 saturated heterocycles. The second-order valence-corrected chi connectivity index (χ2v) is 14.0. The number of hydrogen-bond donors (Lipinski definition) is 0. The van der Waals surface area contributed by atoms with Gasteiger partial charge in [-0.25, -0.2) is 0 Å². The van der Waals surface area contributed by atoms with E-state index >= 15 is 0 Å². The van der Waals surface area contributed by atoms with Crippen LogP contribution in [0.5, 0.6) is 0 Å². The van der Waals surface area contributed by atoms with Crippen molar-refractivity contribution in [3.63, 3.8) is 0 Å². The first kappa shape index (κ1) is 38.2. The molecule has 0 aliphatic rings. The Labute approximate surface area is 342 Å². The van der Waals surface area contributed by atoms with Gasteiger partial charge in [-0.15, -0.1) is 71.3 Å². The van der Waals surface area contributed by atoms with Crippen molar-refractivity contribution in [1.82, 2.24) is 19.9 Å². The second-order valence-electron chi connectivity index (χ2n) is 14.0. The van der Waals surface area contributed by atoms with Gasteiger partial charge >= 0.3 is 0 Å². The van der Waals surface area contributed by atoms with E-state index in [4.69, 9.17) is 9.97 Å². The Morgan fingerprint density at radius 1 is 0.446 bits per heavy atom. The normalized spacial score (nSPS) is 10.8. The van der Waals surface area contributed by atoms with Crippen molar-refractivity contribution in [3.05, 3.63) is 192 Å². The Balaban J connectivity index is 0.000000315. The molecule has 5 aromatic carbocycles. The van der Waals surface area contributed by atoms with E-state index in [-0.39, 0.29) is 20.1 Å². The number of hydrogen-bond acceptors (Lipinski definition) is 4. The Morgan fingerprint density at radius 3 is 2.00 bits per heavy atom. The third kappa shape index (κ3) is 7.70. The minimum atomic E-state index is 0. The molecule has 0 spiro atoms. The van der Waals surface area contributed by atoms with Crippen molar-refractivity contribution in [3.8, 4) is 55.9 Å². The molecule has 0 atom stereocenters. The van der Waals surface area contributed by atoms with Crippen LogP contribution in [0.1, 0.15) is 27.8 Å². The average molecular weight is 901 g/mol. The second kappa shape index (κ2) is 16.7. The molecule has 0 bridgehead atoms. The monoisotopic (exact) mass is 901 g/mol. The fraction of sp³-hybridized carbons (Fsp3) is 0.0980. The van der Waals surface area contributed by atoms with Crippen LogP contribution in [0.3, 0.4) is 0 Å². The van der Waals surface area contributed by atoms with Gasteiger partial charge in [-0.3, -0.25) is 9.97 Å². The van der Waals surface area contributed by atoms with Crippen LogP contribution in [0.4, 0.5) is 0 Å². The van der Waals surface area contributed by atoms with Crippen LogP contribution in [0, 0.1) is 46.8 Å². The third-order valence-electron chi connectivity index (χ3n) is 10.4. The summed E-state index contributed by atoms with van der Waals surface area (Å²) in [5.41, 5.74) is 18.4. The smallest absolute Gasteiger partial charge is 0.0714 e. The number of aromatic nitrogens is 4. The summed E-state index contributed by atoms with van der Waals surface area (Å²) >= 11 is 0. The summed E-state index contributed by atoms with van der Waals surface area (Å²) in [5, 5.41) is 3.59. The summed E-state index contributed by atoms with van der Waals surface area (Å²) in [6, 6.07) is 48.5. The van der Waals surface area contributed by atoms with E-state index in [0.29, 0.717) is 0 Å². The van der Waals surface area contributed by atoms with E-state index in [1.807, 2.05) is 79.4 Å². The summed E-state index contributed by atoms with van der Waals surface area (Å²) in [7, 11) is 0. The van der Waals surface area contributed by atoms with Gasteiger partial charge in [0.25, 0.3) is 0 Å². The zero-order valence-corrected chi connectivity index (χ0v) is 34.5. The van der Waals surface area contributed by atoms with Crippen LogP contribution < -0.4 is 0 Å². The molecule has 0 fully saturated rings. The molecule has 5 heteroatoms. The SMILES string of the molecule is Cc1cnc(-c2[c-]ccc(-c3c(C)cc(C)c(-c4cc5ncccc5c5ccc(-c6ccncc6)cc45)c3C)c2)cc1C.[Ir].[c-]1ccccc1-c1ccccn1. The molecule has 9 rings (SSSR count). The van der Waals surface area contributed by atoms with Crippen molar-refractivity contribution in [2.24, 2.45) is 0 Å². The molecule has 9 aromatic rings. The van der Waals surface area contributed by atoms with E-state index in [0.717, 1.165) is 39.0 Å². The van der Waals surface area contributed by atoms with Crippen molar-refractivity contribution < 1.29 is 20.1 Å². The molecule has 0 saturated carbocycles. The first-order valence-electron chi connectivity index (χ1n) is 18.5. The summed E-state index contributed by atoms with van der Waals surface area (Å²) in [6.07, 6.45) is 9.32. The summed E-state index contributed by atoms with van der Waals surface area (Å²) in [4.78, 5) is 18.0. The number of pyridine rings is 4. The molecule has 4 nitrogen and oxygen atoms in total. The zero-order valence-electron chi connectivity index (χ0n) is 32.1. The van der Waals surface area contributed by atoms with E-state index in [1.54, 1.807) is 6.20 Å². The predicted octanol–water partition coefficient (Wildman–Crippen LogP) is 12.7. The molecule has 0 aliphatic heterocycles. The topological polar surface area (TPSA) is 51.6 Å². The van der Waals surface area contributed by atoms with Gasteiger partial charge in [-0.05, 0) is 143 Å². The fourth-order valence-corrected chi connectivity index (χ4v) is 7.57. The van der Waals surface area contributed by atoms with Gasteiger partial charge in [-0.1, -0.05) is 48.0 Å². The van der Waals surface area contributed by atoms with Crippen molar-refractivity contribution in [2.75, 3.05) is 0 Å². The first-order chi connectivity index (χ1) is 26.9. The molecule has 4 heterocycles. The molecule has 275 valence electrons. The standard InChI is InChI=1S/C40H32N3.C11H8N.Ir/c1-24-19-37(43-23-27(24)4)31-8-6-9-32(20-31)39-25(2)18-26(3)40(28(39)5)36-22-38-34(10-7-15-42-38)33-12-11-30(21-35(33)36)29-13-16-41-17-14-29;1-2-6-10(7-3-1)11-8-4-5-9-12-11;/h6-7,9-23H,1-5H3;1-6,8-9H;/q2*-1;. The Hall–Kier alpha value is -6.13. The van der Waals surface area contributed by atoms with Crippen LogP contribution in [-0.4, -0.2) is 19.9 Å². The van der Waals surface area contributed by atoms with Crippen LogP contribution in [0.25, 0.3) is 77.6 Å². The first-order valence-corrected chi connectivity index (χ1v) is 18.5. The minimum Gasteiger partial charge on any atom is -0.305 e. The van der Waals surface area contributed by atoms with Crippen molar-refractivity contribution in [2.45, 2.75) is 34.6 Å². The van der Waals surface area contributed by atoms with Crippen LogP contribution in [0.15, 0.2) is 152 Å². The quantitative estimate of drug-likeness (QED) is 0.128. The van der Waals surface area contributed by atoms with Gasteiger partial charge in [0.1, 0.15) is 0 Å². The molecule has 4 aromatic heterocycles. The Kier molecular flexibility index (Phi) is 11.4. The number of nitrogens with zero attached hydrogens (tertiary/aromatic N) is 4. The molecule has 0 aliphatic carbocycles. The minimum absolute atomic E-state index is 0. The molecule has 0 unspecified atom stereocenters. The summed E-state index contributed by atoms with van der Waals surface area (Å²) in [5.74, 6) is 0. The molecule has 0 amide bonds. The van der Waals surface area contributed by atoms with Crippen molar-refractivity contribution >= 4 is 21.7 Å². The number of benzene rings is 5. The molecular weight excluding hydrogens is 861 g/mol. The van der Waals surface area contributed by atoms with Gasteiger partial charge in [0.05, 0.1) is 5.52 Å². The fourth-order valence-electron chi connectivity index (χ4n) is 7.57. The van der Waals surface area contributed by atoms with Crippen molar-refractivity contribution in [1.29, 1.82) is 0 Å². The van der Waals surface area contributed by atoms with E-state index < -0.39 is 0 Å². The van der Waals surface area contributed by atoms with Gasteiger partial charge in [-0.2, -0.15) is 0 Å². The summed E-state index contributed by atoms with van der Waals surface area (Å²) in [6.45, 7) is 10.9. The van der Waals surface area contributed by atoms with Gasteiger partial charge in [0.15, 0.2) is 0 Å². The summed E-state index contributed by atoms with van der Waals surface area (Å²) < 4.78 is 0. The third-order valence-corrected chi connectivity index (χ3v) is 10.4. The van der Waals surface area contributed by atoms with Gasteiger partial charge in [0, 0.05) is 56.5 Å². The average Bonchev–Trinajstić information content (AvgIpc) is 3.23. The molecule has 0 N–H and O–H groups in total. The largest absolute Gasteiger partial charge is 0.305 e. The van der Waals surface area contributed by atoms with E-state index in [1.165, 1.54) is 66.4 Å². The van der Waals surface area contributed by atoms with E-state index in [2.05, 4.69) is 123 Å². The number of fused-ring (bicyclic) bond motifs is 3. The van der Waals surface area contributed by atoms with Crippen LogP contribution in [-0.2, 0) is 20.1 Å². The Bertz CT molecular complexity index is 2760. The number of aryl methyl sites for hydroxylation is 4. The Morgan fingerprint density at radius 2 is 1.23 bits per heavy atom. The predicted molar refractivity (Wildman–Crippen MR) is 228 cm³/mol. The van der Waals surface area contributed by atoms with Crippen LogP contribution >= 0.6 is 0 Å². The van der Waals surface area contributed by atoms with Gasteiger partial charge < -0.3 is 9.97 Å². The maximum absolute atomic E-state index is 4.79. The van der Waals surface area contributed by atoms with E-state index in [9.17, 15) is 0 Å². The maximum atomic E-state index is 4.79. The molecule has 56 heavy (non-hydrogen) atoms. The molecular formula is C51H40IrN4-2. The molecule has 1 radical (unpaired) electrons. The maximum Gasteiger partial charge on any atom is 0.0714 e. The van der Waals surface area contributed by atoms with Crippen LogP contribution in [0.2, 0.25) is 0 Å². The zero-order chi connectivity index (χ0) is 37.9. The number of rotatable bonds is 5. The van der Waals surface area contributed by atoms with Gasteiger partial charge in [0.2, 0.25) is 0 Å².